The van der Waals surface area contributed by atoms with Crippen molar-refractivity contribution in [1.82, 2.24) is 15.1 Å². The first kappa shape index (κ1) is 25.9. The first-order chi connectivity index (χ1) is 19.2. The number of halogens is 1. The molecule has 5 amide bonds. The van der Waals surface area contributed by atoms with E-state index in [1.54, 1.807) is 18.2 Å². The van der Waals surface area contributed by atoms with Gasteiger partial charge in [0.1, 0.15) is 11.9 Å². The minimum Gasteiger partial charge on any atom is -0.369 e. The van der Waals surface area contributed by atoms with Crippen LogP contribution < -0.4 is 20.9 Å². The molecule has 11 nitrogen and oxygen atoms in total. The largest absolute Gasteiger partial charge is 0.369 e. The summed E-state index contributed by atoms with van der Waals surface area (Å²) in [7, 11) is 0. The number of rotatable bonds is 6. The van der Waals surface area contributed by atoms with Crippen molar-refractivity contribution in [3.05, 3.63) is 58.9 Å². The lowest BCUT2D eigenvalue weighted by atomic mass is 9.96. The molecule has 0 saturated carbocycles. The highest BCUT2D eigenvalue weighted by Gasteiger charge is 2.45. The number of nitrogens with two attached hydrogens (primary N) is 1. The lowest BCUT2D eigenvalue weighted by Crippen LogP contribution is -2.55. The zero-order valence-electron chi connectivity index (χ0n) is 21.8. The van der Waals surface area contributed by atoms with Crippen molar-refractivity contribution in [3.63, 3.8) is 0 Å². The fourth-order valence-corrected chi connectivity index (χ4v) is 6.11. The second-order valence-corrected chi connectivity index (χ2v) is 10.7. The molecule has 4 aliphatic heterocycles. The normalized spacial score (nSPS) is 21.9. The van der Waals surface area contributed by atoms with Gasteiger partial charge >= 0.3 is 0 Å². The highest BCUT2D eigenvalue weighted by molar-refractivity contribution is 6.23. The van der Waals surface area contributed by atoms with Crippen LogP contribution in [0, 0.1) is 11.7 Å². The molecule has 0 aromatic heterocycles. The zero-order chi connectivity index (χ0) is 28.1. The molecule has 40 heavy (non-hydrogen) atoms. The maximum absolute atomic E-state index is 14.4. The van der Waals surface area contributed by atoms with Crippen molar-refractivity contribution in [1.29, 1.82) is 0 Å². The summed E-state index contributed by atoms with van der Waals surface area (Å²) in [5.41, 5.74) is 7.27. The molecule has 1 unspecified atom stereocenters. The van der Waals surface area contributed by atoms with E-state index in [-0.39, 0.29) is 35.2 Å². The Morgan fingerprint density at radius 2 is 1.68 bits per heavy atom. The minimum atomic E-state index is -0.986. The van der Waals surface area contributed by atoms with Gasteiger partial charge in [-0.05, 0) is 36.8 Å². The predicted molar refractivity (Wildman–Crippen MR) is 142 cm³/mol. The molecule has 208 valence electrons. The highest BCUT2D eigenvalue weighted by Crippen LogP contribution is 2.33. The molecule has 0 radical (unpaired) electrons. The van der Waals surface area contributed by atoms with Crippen LogP contribution in [0.25, 0.3) is 0 Å². The van der Waals surface area contributed by atoms with Gasteiger partial charge in [-0.3, -0.25) is 39.1 Å². The van der Waals surface area contributed by atoms with Gasteiger partial charge in [-0.15, -0.1) is 0 Å². The SMILES string of the molecule is NC(=O)c1cccc(F)c1N1CC(CN2CCN(c3ccc4c(c3)C(=O)N(C3CCC(=O)NC3=O)C4=O)CC2)C1. The first-order valence-electron chi connectivity index (χ1n) is 13.4. The Morgan fingerprint density at radius 1 is 0.950 bits per heavy atom. The second-order valence-electron chi connectivity index (χ2n) is 10.7. The number of piperidine rings is 1. The molecule has 12 heteroatoms. The van der Waals surface area contributed by atoms with E-state index in [0.29, 0.717) is 19.0 Å². The molecule has 2 aromatic rings. The van der Waals surface area contributed by atoms with Gasteiger partial charge in [-0.25, -0.2) is 4.39 Å². The van der Waals surface area contributed by atoms with E-state index in [1.165, 1.54) is 12.1 Å². The third kappa shape index (κ3) is 4.47. The summed E-state index contributed by atoms with van der Waals surface area (Å²) in [6.07, 6.45) is 0.200. The average molecular weight is 549 g/mol. The van der Waals surface area contributed by atoms with Crippen LogP contribution in [0.4, 0.5) is 15.8 Å². The van der Waals surface area contributed by atoms with E-state index >= 15 is 0 Å². The predicted octanol–water partition coefficient (Wildman–Crippen LogP) is 0.584. The number of hydrogen-bond acceptors (Lipinski definition) is 8. The standard InChI is InChI=1S/C28H29FN6O5/c29-21-3-1-2-19(25(30)37)24(21)34-14-16(15-34)13-32-8-10-33(11-9-32)17-4-5-18-20(12-17)28(40)35(27(18)39)22-6-7-23(36)31-26(22)38/h1-5,12,16,22H,6-11,13-15H2,(H2,30,37)(H,31,36,38). The van der Waals surface area contributed by atoms with Gasteiger partial charge in [0.25, 0.3) is 17.7 Å². The topological polar surface area (TPSA) is 136 Å². The lowest BCUT2D eigenvalue weighted by molar-refractivity contribution is -0.136. The number of hydrogen-bond donors (Lipinski definition) is 2. The van der Waals surface area contributed by atoms with E-state index in [1.807, 2.05) is 11.0 Å². The van der Waals surface area contributed by atoms with Crippen LogP contribution >= 0.6 is 0 Å². The summed E-state index contributed by atoms with van der Waals surface area (Å²) >= 11 is 0. The molecule has 3 fully saturated rings. The Labute approximate surface area is 229 Å². The van der Waals surface area contributed by atoms with E-state index in [0.717, 1.165) is 43.3 Å². The molecule has 0 bridgehead atoms. The van der Waals surface area contributed by atoms with Crippen LogP contribution in [0.15, 0.2) is 36.4 Å². The number of carbonyl (C=O) groups excluding carboxylic acids is 5. The van der Waals surface area contributed by atoms with Gasteiger partial charge in [0.2, 0.25) is 11.8 Å². The monoisotopic (exact) mass is 548 g/mol. The van der Waals surface area contributed by atoms with Crippen molar-refractivity contribution in [3.8, 4) is 0 Å². The van der Waals surface area contributed by atoms with Crippen molar-refractivity contribution in [2.45, 2.75) is 18.9 Å². The maximum atomic E-state index is 14.4. The Balaban J connectivity index is 1.05. The Hall–Kier alpha value is -4.32. The summed E-state index contributed by atoms with van der Waals surface area (Å²) < 4.78 is 14.4. The number of anilines is 2. The van der Waals surface area contributed by atoms with Crippen molar-refractivity contribution in [2.24, 2.45) is 11.7 Å². The van der Waals surface area contributed by atoms with E-state index < -0.39 is 41.4 Å². The third-order valence-electron chi connectivity index (χ3n) is 8.20. The van der Waals surface area contributed by atoms with Gasteiger partial charge < -0.3 is 15.5 Å². The van der Waals surface area contributed by atoms with Crippen molar-refractivity contribution in [2.75, 3.05) is 55.6 Å². The van der Waals surface area contributed by atoms with Gasteiger partial charge in [0.15, 0.2) is 0 Å². The Bertz CT molecular complexity index is 1430. The van der Waals surface area contributed by atoms with Crippen LogP contribution in [0.1, 0.15) is 43.9 Å². The summed E-state index contributed by atoms with van der Waals surface area (Å²) in [4.78, 5) is 69.0. The molecule has 0 aliphatic carbocycles. The number of para-hydroxylation sites is 1. The number of primary amides is 1. The number of piperazine rings is 1. The minimum absolute atomic E-state index is 0.0791. The van der Waals surface area contributed by atoms with Crippen LogP contribution in [-0.2, 0) is 9.59 Å². The fraction of sp³-hybridized carbons (Fsp3) is 0.393. The number of fused-ring (bicyclic) bond motifs is 1. The number of carbonyl (C=O) groups is 5. The molecule has 6 rings (SSSR count). The quantitative estimate of drug-likeness (QED) is 0.501. The molecule has 0 spiro atoms. The van der Waals surface area contributed by atoms with Gasteiger partial charge in [0.05, 0.1) is 22.4 Å². The first-order valence-corrected chi connectivity index (χ1v) is 13.4. The lowest BCUT2D eigenvalue weighted by Gasteiger charge is -2.45. The van der Waals surface area contributed by atoms with Crippen LogP contribution in [0.2, 0.25) is 0 Å². The van der Waals surface area contributed by atoms with E-state index in [9.17, 15) is 28.4 Å². The number of imide groups is 2. The van der Waals surface area contributed by atoms with Gasteiger partial charge in [0, 0.05) is 63.8 Å². The molecule has 4 heterocycles. The average Bonchev–Trinajstić information content (AvgIpc) is 3.15. The number of nitrogens with one attached hydrogen (secondary N) is 1. The molecule has 3 saturated heterocycles. The molecular weight excluding hydrogens is 519 g/mol. The van der Waals surface area contributed by atoms with E-state index in [4.69, 9.17) is 5.73 Å². The molecule has 4 aliphatic rings. The number of benzene rings is 2. The van der Waals surface area contributed by atoms with E-state index in [2.05, 4.69) is 15.1 Å². The highest BCUT2D eigenvalue weighted by atomic mass is 19.1. The van der Waals surface area contributed by atoms with Gasteiger partial charge in [-0.2, -0.15) is 0 Å². The smallest absolute Gasteiger partial charge is 0.262 e. The van der Waals surface area contributed by atoms with Gasteiger partial charge in [-0.1, -0.05) is 6.07 Å². The number of amides is 5. The van der Waals surface area contributed by atoms with Crippen molar-refractivity contribution < 1.29 is 28.4 Å². The molecular formula is C28H29FN6O5. The maximum Gasteiger partial charge on any atom is 0.262 e. The molecule has 1 atom stereocenters. The zero-order valence-corrected chi connectivity index (χ0v) is 21.8. The summed E-state index contributed by atoms with van der Waals surface area (Å²) in [5.74, 6) is -2.81. The van der Waals surface area contributed by atoms with Crippen LogP contribution in [0.3, 0.4) is 0 Å². The summed E-state index contributed by atoms with van der Waals surface area (Å²) in [6.45, 7) is 5.20. The number of nitrogens with zero attached hydrogens (tertiary/aromatic N) is 4. The Morgan fingerprint density at radius 3 is 2.38 bits per heavy atom. The van der Waals surface area contributed by atoms with Crippen molar-refractivity contribution >= 4 is 40.9 Å². The molecule has 3 N–H and O–H groups in total. The Kier molecular flexibility index (Phi) is 6.49. The summed E-state index contributed by atoms with van der Waals surface area (Å²) in [5, 5.41) is 2.21. The van der Waals surface area contributed by atoms with Crippen LogP contribution in [-0.4, -0.2) is 91.2 Å². The second kappa shape index (κ2) is 10.0. The fourth-order valence-electron chi connectivity index (χ4n) is 6.11. The third-order valence-corrected chi connectivity index (χ3v) is 8.20. The van der Waals surface area contributed by atoms with Crippen LogP contribution in [0.5, 0.6) is 0 Å². The molecule has 2 aromatic carbocycles. The summed E-state index contributed by atoms with van der Waals surface area (Å²) in [6, 6.07) is 8.55.